The molecule has 0 saturated carbocycles. The predicted octanol–water partition coefficient (Wildman–Crippen LogP) is 1.48. The fourth-order valence-corrected chi connectivity index (χ4v) is 3.56. The Balaban J connectivity index is 1.95. The molecule has 1 atom stereocenters. The number of aliphatic hydroxyl groups is 1. The summed E-state index contributed by atoms with van der Waals surface area (Å²) in [6.45, 7) is 5.77. The van der Waals surface area contributed by atoms with Crippen molar-refractivity contribution in [3.8, 4) is 0 Å². The van der Waals surface area contributed by atoms with Crippen LogP contribution in [0.25, 0.3) is 0 Å². The summed E-state index contributed by atoms with van der Waals surface area (Å²) in [5.41, 5.74) is 3.55. The third-order valence-corrected chi connectivity index (χ3v) is 4.79. The maximum absolute atomic E-state index is 9.00. The maximum Gasteiger partial charge on any atom is 0.0644 e. The van der Waals surface area contributed by atoms with Gasteiger partial charge < -0.3 is 10.4 Å². The Hall–Kier alpha value is -0.520. The summed E-state index contributed by atoms with van der Waals surface area (Å²) in [6, 6.07) is 0.642. The first kappa shape index (κ1) is 13.9. The van der Waals surface area contributed by atoms with E-state index in [0.717, 1.165) is 12.2 Å². The van der Waals surface area contributed by atoms with E-state index in [1.54, 1.807) is 0 Å². The van der Waals surface area contributed by atoms with Crippen molar-refractivity contribution >= 4 is 11.8 Å². The molecule has 1 unspecified atom stereocenters. The first-order valence-corrected chi connectivity index (χ1v) is 7.82. The molecular weight excluding hydrogens is 246 g/mol. The van der Waals surface area contributed by atoms with Crippen molar-refractivity contribution in [2.24, 2.45) is 0 Å². The van der Waals surface area contributed by atoms with Crippen LogP contribution in [0.4, 0.5) is 0 Å². The largest absolute Gasteiger partial charge is 0.394 e. The first-order valence-electron chi connectivity index (χ1n) is 6.67. The van der Waals surface area contributed by atoms with Gasteiger partial charge >= 0.3 is 0 Å². The molecule has 1 aromatic rings. The van der Waals surface area contributed by atoms with Gasteiger partial charge in [0, 0.05) is 29.6 Å². The summed E-state index contributed by atoms with van der Waals surface area (Å²) in [6.07, 6.45) is 2.61. The molecule has 18 heavy (non-hydrogen) atoms. The first-order chi connectivity index (χ1) is 8.72. The quantitative estimate of drug-likeness (QED) is 0.850. The van der Waals surface area contributed by atoms with Crippen LogP contribution in [0.1, 0.15) is 29.8 Å². The van der Waals surface area contributed by atoms with Crippen molar-refractivity contribution in [2.45, 2.75) is 45.8 Å². The zero-order valence-corrected chi connectivity index (χ0v) is 12.1. The predicted molar refractivity (Wildman–Crippen MR) is 76.0 cm³/mol. The Kier molecular flexibility index (Phi) is 5.09. The second-order valence-electron chi connectivity index (χ2n) is 4.89. The molecule has 2 N–H and O–H groups in total. The number of nitrogens with zero attached hydrogens (tertiary/aromatic N) is 2. The van der Waals surface area contributed by atoms with E-state index >= 15 is 0 Å². The smallest absolute Gasteiger partial charge is 0.0644 e. The molecule has 1 saturated heterocycles. The van der Waals surface area contributed by atoms with Gasteiger partial charge in [0.15, 0.2) is 0 Å². The van der Waals surface area contributed by atoms with Crippen LogP contribution in [0.3, 0.4) is 0 Å². The lowest BCUT2D eigenvalue weighted by atomic mass is 10.1. The second-order valence-corrected chi connectivity index (χ2v) is 6.04. The van der Waals surface area contributed by atoms with E-state index in [9.17, 15) is 0 Å². The van der Waals surface area contributed by atoms with Gasteiger partial charge in [0.25, 0.3) is 0 Å². The molecule has 1 aromatic heterocycles. The average Bonchev–Trinajstić information content (AvgIpc) is 2.64. The Bertz CT molecular complexity index is 386. The van der Waals surface area contributed by atoms with E-state index in [-0.39, 0.29) is 6.61 Å². The number of aryl methyl sites for hydroxylation is 1. The fourth-order valence-electron chi connectivity index (χ4n) is 2.45. The SMILES string of the molecule is Cc1nn(CCO)c(C)c1CNC1CCCSC1. The number of hydrogen-bond donors (Lipinski definition) is 2. The van der Waals surface area contributed by atoms with E-state index < -0.39 is 0 Å². The van der Waals surface area contributed by atoms with E-state index in [2.05, 4.69) is 17.3 Å². The highest BCUT2D eigenvalue weighted by Crippen LogP contribution is 2.18. The van der Waals surface area contributed by atoms with Gasteiger partial charge in [-0.05, 0) is 32.4 Å². The summed E-state index contributed by atoms with van der Waals surface area (Å²) >= 11 is 2.04. The van der Waals surface area contributed by atoms with Gasteiger partial charge in [-0.15, -0.1) is 0 Å². The number of rotatable bonds is 5. The molecule has 0 spiro atoms. The molecule has 2 rings (SSSR count). The lowest BCUT2D eigenvalue weighted by Crippen LogP contribution is -2.33. The topological polar surface area (TPSA) is 50.1 Å². The standard InChI is InChI=1S/C13H23N3OS/c1-10-13(11(2)16(15-10)5-6-17)8-14-12-4-3-7-18-9-12/h12,14,17H,3-9H2,1-2H3. The van der Waals surface area contributed by atoms with Crippen LogP contribution in [0.15, 0.2) is 0 Å². The van der Waals surface area contributed by atoms with Crippen LogP contribution >= 0.6 is 11.8 Å². The zero-order valence-electron chi connectivity index (χ0n) is 11.3. The molecule has 0 aromatic carbocycles. The summed E-state index contributed by atoms with van der Waals surface area (Å²) in [4.78, 5) is 0. The minimum absolute atomic E-state index is 0.147. The van der Waals surface area contributed by atoms with Crippen LogP contribution in [0, 0.1) is 13.8 Å². The molecule has 4 nitrogen and oxygen atoms in total. The molecule has 1 aliphatic rings. The van der Waals surface area contributed by atoms with Crippen LogP contribution in [-0.2, 0) is 13.1 Å². The van der Waals surface area contributed by atoms with Gasteiger partial charge in [0.05, 0.1) is 18.8 Å². The van der Waals surface area contributed by atoms with E-state index in [4.69, 9.17) is 5.11 Å². The van der Waals surface area contributed by atoms with E-state index in [1.807, 2.05) is 23.4 Å². The Morgan fingerprint density at radius 3 is 3.00 bits per heavy atom. The second kappa shape index (κ2) is 6.59. The molecule has 1 fully saturated rings. The number of aromatic nitrogens is 2. The number of aliphatic hydroxyl groups excluding tert-OH is 1. The Morgan fingerprint density at radius 1 is 1.50 bits per heavy atom. The molecule has 0 amide bonds. The highest BCUT2D eigenvalue weighted by Gasteiger charge is 2.16. The summed E-state index contributed by atoms with van der Waals surface area (Å²) < 4.78 is 1.90. The Morgan fingerprint density at radius 2 is 2.33 bits per heavy atom. The van der Waals surface area contributed by atoms with Crippen LogP contribution in [0.2, 0.25) is 0 Å². The van der Waals surface area contributed by atoms with Crippen molar-refractivity contribution in [1.29, 1.82) is 0 Å². The molecule has 1 aliphatic heterocycles. The lowest BCUT2D eigenvalue weighted by molar-refractivity contribution is 0.267. The number of nitrogens with one attached hydrogen (secondary N) is 1. The van der Waals surface area contributed by atoms with Gasteiger partial charge in [-0.2, -0.15) is 16.9 Å². The Labute approximate surface area is 113 Å². The van der Waals surface area contributed by atoms with Gasteiger partial charge in [-0.1, -0.05) is 0 Å². The van der Waals surface area contributed by atoms with E-state index in [0.29, 0.717) is 12.6 Å². The van der Waals surface area contributed by atoms with Crippen LogP contribution in [-0.4, -0.2) is 39.0 Å². The molecule has 5 heteroatoms. The minimum Gasteiger partial charge on any atom is -0.394 e. The van der Waals surface area contributed by atoms with Crippen molar-refractivity contribution in [1.82, 2.24) is 15.1 Å². The molecule has 0 radical (unpaired) electrons. The van der Waals surface area contributed by atoms with Crippen molar-refractivity contribution in [3.05, 3.63) is 17.0 Å². The lowest BCUT2D eigenvalue weighted by Gasteiger charge is -2.22. The molecule has 102 valence electrons. The highest BCUT2D eigenvalue weighted by molar-refractivity contribution is 7.99. The summed E-state index contributed by atoms with van der Waals surface area (Å²) in [7, 11) is 0. The molecule has 2 heterocycles. The minimum atomic E-state index is 0.147. The number of thioether (sulfide) groups is 1. The normalized spacial score (nSPS) is 20.3. The van der Waals surface area contributed by atoms with Crippen molar-refractivity contribution in [2.75, 3.05) is 18.1 Å². The van der Waals surface area contributed by atoms with Crippen LogP contribution in [0.5, 0.6) is 0 Å². The zero-order chi connectivity index (χ0) is 13.0. The summed E-state index contributed by atoms with van der Waals surface area (Å²) in [5.74, 6) is 2.54. The monoisotopic (exact) mass is 269 g/mol. The summed E-state index contributed by atoms with van der Waals surface area (Å²) in [5, 5.41) is 17.1. The third kappa shape index (κ3) is 3.28. The van der Waals surface area contributed by atoms with Crippen molar-refractivity contribution in [3.63, 3.8) is 0 Å². The number of hydrogen-bond acceptors (Lipinski definition) is 4. The fraction of sp³-hybridized carbons (Fsp3) is 0.769. The highest BCUT2D eigenvalue weighted by atomic mass is 32.2. The van der Waals surface area contributed by atoms with Crippen molar-refractivity contribution < 1.29 is 5.11 Å². The molecular formula is C13H23N3OS. The molecule has 0 bridgehead atoms. The third-order valence-electron chi connectivity index (χ3n) is 3.57. The maximum atomic E-state index is 9.00. The molecule has 0 aliphatic carbocycles. The van der Waals surface area contributed by atoms with Gasteiger partial charge in [0.1, 0.15) is 0 Å². The van der Waals surface area contributed by atoms with Gasteiger partial charge in [-0.25, -0.2) is 0 Å². The van der Waals surface area contributed by atoms with E-state index in [1.165, 1.54) is 35.6 Å². The average molecular weight is 269 g/mol. The van der Waals surface area contributed by atoms with Gasteiger partial charge in [0.2, 0.25) is 0 Å². The van der Waals surface area contributed by atoms with Gasteiger partial charge in [-0.3, -0.25) is 4.68 Å². The van der Waals surface area contributed by atoms with Crippen LogP contribution < -0.4 is 5.32 Å².